The second kappa shape index (κ2) is 5.12. The molecule has 0 radical (unpaired) electrons. The van der Waals surface area contributed by atoms with Crippen LogP contribution in [0.15, 0.2) is 0 Å². The lowest BCUT2D eigenvalue weighted by atomic mass is 10.2. The monoisotopic (exact) mass is 262 g/mol. The van der Waals surface area contributed by atoms with Crippen molar-refractivity contribution in [2.45, 2.75) is 39.3 Å². The van der Waals surface area contributed by atoms with Crippen LogP contribution in [0.1, 0.15) is 27.7 Å². The van der Waals surface area contributed by atoms with E-state index in [4.69, 9.17) is 16.3 Å². The van der Waals surface area contributed by atoms with E-state index >= 15 is 0 Å². The predicted molar refractivity (Wildman–Crippen MR) is 65.2 cm³/mol. The SMILES string of the molecule is C[C@H]1CN(C(=O)OC(C)(C)C)CCN1C(=O)Cl. The van der Waals surface area contributed by atoms with Crippen molar-refractivity contribution in [1.29, 1.82) is 0 Å². The van der Waals surface area contributed by atoms with Crippen LogP contribution in [0.25, 0.3) is 0 Å². The molecule has 1 rings (SSSR count). The van der Waals surface area contributed by atoms with E-state index in [1.165, 1.54) is 0 Å². The summed E-state index contributed by atoms with van der Waals surface area (Å²) in [4.78, 5) is 26.0. The van der Waals surface area contributed by atoms with Gasteiger partial charge in [-0.05, 0) is 39.3 Å². The van der Waals surface area contributed by atoms with Crippen LogP contribution in [0.3, 0.4) is 0 Å². The highest BCUT2D eigenvalue weighted by molar-refractivity contribution is 6.62. The topological polar surface area (TPSA) is 49.9 Å². The zero-order valence-corrected chi connectivity index (χ0v) is 11.5. The van der Waals surface area contributed by atoms with Crippen LogP contribution in [0.5, 0.6) is 0 Å². The van der Waals surface area contributed by atoms with Crippen LogP contribution < -0.4 is 0 Å². The van der Waals surface area contributed by atoms with Crippen LogP contribution >= 0.6 is 11.6 Å². The smallest absolute Gasteiger partial charge is 0.410 e. The van der Waals surface area contributed by atoms with E-state index in [1.807, 2.05) is 27.7 Å². The lowest BCUT2D eigenvalue weighted by Crippen LogP contribution is -2.55. The van der Waals surface area contributed by atoms with Crippen LogP contribution in [-0.2, 0) is 4.74 Å². The first-order chi connectivity index (χ1) is 7.70. The molecule has 1 saturated heterocycles. The largest absolute Gasteiger partial charge is 0.444 e. The molecule has 1 aliphatic rings. The van der Waals surface area contributed by atoms with E-state index < -0.39 is 11.0 Å². The Bertz CT molecular complexity index is 314. The van der Waals surface area contributed by atoms with Gasteiger partial charge in [-0.3, -0.25) is 4.79 Å². The lowest BCUT2D eigenvalue weighted by molar-refractivity contribution is 0.0117. The maximum Gasteiger partial charge on any atom is 0.410 e. The molecule has 1 aliphatic heterocycles. The van der Waals surface area contributed by atoms with Crippen molar-refractivity contribution in [3.05, 3.63) is 0 Å². The average Bonchev–Trinajstić information content (AvgIpc) is 2.14. The van der Waals surface area contributed by atoms with Gasteiger partial charge in [0.15, 0.2) is 0 Å². The molecule has 0 saturated carbocycles. The Morgan fingerprint density at radius 2 is 1.88 bits per heavy atom. The van der Waals surface area contributed by atoms with Gasteiger partial charge in [0.25, 0.3) is 0 Å². The number of amides is 2. The van der Waals surface area contributed by atoms with Crippen LogP contribution in [0.2, 0.25) is 0 Å². The molecule has 1 heterocycles. The summed E-state index contributed by atoms with van der Waals surface area (Å²) in [6, 6.07) is -0.0822. The molecule has 5 nitrogen and oxygen atoms in total. The van der Waals surface area contributed by atoms with Gasteiger partial charge < -0.3 is 14.5 Å². The van der Waals surface area contributed by atoms with Crippen molar-refractivity contribution in [2.24, 2.45) is 0 Å². The van der Waals surface area contributed by atoms with Crippen LogP contribution in [-0.4, -0.2) is 52.5 Å². The predicted octanol–water partition coefficient (Wildman–Crippen LogP) is 2.29. The molecule has 0 aromatic rings. The summed E-state index contributed by atoms with van der Waals surface area (Å²) >= 11 is 5.44. The number of hydrogen-bond acceptors (Lipinski definition) is 3. The van der Waals surface area contributed by atoms with E-state index in [1.54, 1.807) is 9.80 Å². The van der Waals surface area contributed by atoms with E-state index in [0.717, 1.165) is 0 Å². The number of nitrogens with zero attached hydrogens (tertiary/aromatic N) is 2. The molecule has 0 spiro atoms. The number of carbonyl (C=O) groups is 2. The third-order valence-corrected chi connectivity index (χ3v) is 2.72. The molecule has 0 aliphatic carbocycles. The van der Waals surface area contributed by atoms with E-state index in [9.17, 15) is 9.59 Å². The van der Waals surface area contributed by atoms with Crippen LogP contribution in [0, 0.1) is 0 Å². The lowest BCUT2D eigenvalue weighted by Gasteiger charge is -2.39. The van der Waals surface area contributed by atoms with Crippen LogP contribution in [0.4, 0.5) is 9.59 Å². The zero-order chi connectivity index (χ0) is 13.2. The van der Waals surface area contributed by atoms with Crippen molar-refractivity contribution in [1.82, 2.24) is 9.80 Å². The molecule has 0 unspecified atom stereocenters. The summed E-state index contributed by atoms with van der Waals surface area (Å²) < 4.78 is 5.27. The fraction of sp³-hybridized carbons (Fsp3) is 0.818. The zero-order valence-electron chi connectivity index (χ0n) is 10.7. The Morgan fingerprint density at radius 1 is 1.29 bits per heavy atom. The molecule has 98 valence electrons. The number of carbonyl (C=O) groups excluding carboxylic acids is 2. The number of piperazine rings is 1. The highest BCUT2D eigenvalue weighted by atomic mass is 35.5. The first-order valence-corrected chi connectivity index (χ1v) is 6.02. The highest BCUT2D eigenvalue weighted by Gasteiger charge is 2.31. The second-order valence-electron chi connectivity index (χ2n) is 5.22. The third kappa shape index (κ3) is 4.07. The van der Waals surface area contributed by atoms with Crippen molar-refractivity contribution in [3.8, 4) is 0 Å². The molecule has 17 heavy (non-hydrogen) atoms. The summed E-state index contributed by atoms with van der Waals surface area (Å²) in [6.45, 7) is 8.69. The van der Waals surface area contributed by atoms with Gasteiger partial charge in [-0.2, -0.15) is 0 Å². The van der Waals surface area contributed by atoms with E-state index in [0.29, 0.717) is 19.6 Å². The minimum absolute atomic E-state index is 0.0822. The molecular weight excluding hydrogens is 244 g/mol. The second-order valence-corrected chi connectivity index (χ2v) is 5.55. The van der Waals surface area contributed by atoms with Crippen molar-refractivity contribution in [3.63, 3.8) is 0 Å². The number of rotatable bonds is 0. The molecule has 0 N–H and O–H groups in total. The van der Waals surface area contributed by atoms with Gasteiger partial charge in [0.05, 0.1) is 0 Å². The maximum absolute atomic E-state index is 11.8. The Morgan fingerprint density at radius 3 is 2.29 bits per heavy atom. The fourth-order valence-electron chi connectivity index (χ4n) is 1.71. The van der Waals surface area contributed by atoms with Gasteiger partial charge in [-0.15, -0.1) is 0 Å². The highest BCUT2D eigenvalue weighted by Crippen LogP contribution is 2.15. The van der Waals surface area contributed by atoms with Gasteiger partial charge in [0.2, 0.25) is 0 Å². The minimum atomic E-state index is -0.500. The molecule has 1 fully saturated rings. The van der Waals surface area contributed by atoms with Gasteiger partial charge >= 0.3 is 11.5 Å². The molecule has 2 amide bonds. The summed E-state index contributed by atoms with van der Waals surface area (Å²) in [6.07, 6.45) is -0.342. The number of ether oxygens (including phenoxy) is 1. The molecule has 0 aromatic carbocycles. The summed E-state index contributed by atoms with van der Waals surface area (Å²) in [5.41, 5.74) is -0.500. The molecular formula is C11H19ClN2O3. The molecule has 1 atom stereocenters. The first kappa shape index (κ1) is 14.1. The average molecular weight is 263 g/mol. The molecule has 0 aromatic heterocycles. The Balaban J connectivity index is 2.55. The fourth-order valence-corrected chi connectivity index (χ4v) is 1.96. The summed E-state index contributed by atoms with van der Waals surface area (Å²) in [5, 5.41) is -0.471. The van der Waals surface area contributed by atoms with E-state index in [-0.39, 0.29) is 12.1 Å². The Labute approximate surface area is 107 Å². The standard InChI is InChI=1S/C11H19ClN2O3/c1-8-7-13(5-6-14(8)9(12)15)10(16)17-11(2,3)4/h8H,5-7H2,1-4H3/t8-/m0/s1. The Kier molecular flexibility index (Phi) is 4.25. The van der Waals surface area contributed by atoms with Gasteiger partial charge in [-0.25, -0.2) is 4.79 Å². The molecule has 6 heteroatoms. The summed E-state index contributed by atoms with van der Waals surface area (Å²) in [5.74, 6) is 0. The van der Waals surface area contributed by atoms with Crippen molar-refractivity contribution < 1.29 is 14.3 Å². The van der Waals surface area contributed by atoms with Gasteiger partial charge in [-0.1, -0.05) is 0 Å². The number of hydrogen-bond donors (Lipinski definition) is 0. The van der Waals surface area contributed by atoms with Crippen molar-refractivity contribution >= 4 is 23.1 Å². The third-order valence-electron chi connectivity index (χ3n) is 2.50. The molecule has 0 bridgehead atoms. The van der Waals surface area contributed by atoms with E-state index in [2.05, 4.69) is 0 Å². The van der Waals surface area contributed by atoms with Gasteiger partial charge in [0.1, 0.15) is 5.60 Å². The quantitative estimate of drug-likeness (QED) is 0.497. The van der Waals surface area contributed by atoms with Crippen molar-refractivity contribution in [2.75, 3.05) is 19.6 Å². The van der Waals surface area contributed by atoms with Gasteiger partial charge in [0, 0.05) is 25.7 Å². The first-order valence-electron chi connectivity index (χ1n) is 5.65. The Hall–Kier alpha value is -0.970. The maximum atomic E-state index is 11.8. The summed E-state index contributed by atoms with van der Waals surface area (Å²) in [7, 11) is 0. The number of halogens is 1. The minimum Gasteiger partial charge on any atom is -0.444 e. The normalized spacial score (nSPS) is 21.4.